The second-order valence-corrected chi connectivity index (χ2v) is 6.65. The maximum Gasteiger partial charge on any atom is 0.137 e. The fourth-order valence-electron chi connectivity index (χ4n) is 3.09. The molecule has 1 saturated carbocycles. The number of halogens is 2. The highest BCUT2D eigenvalue weighted by molar-refractivity contribution is 9.10. The van der Waals surface area contributed by atoms with Crippen LogP contribution < -0.4 is 5.32 Å². The van der Waals surface area contributed by atoms with E-state index in [1.54, 1.807) is 6.07 Å². The molecular weight excluding hydrogens is 309 g/mol. The zero-order valence-corrected chi connectivity index (χ0v) is 12.7. The van der Waals surface area contributed by atoms with Gasteiger partial charge in [-0.25, -0.2) is 4.39 Å². The molecule has 19 heavy (non-hydrogen) atoms. The number of hydrogen-bond donors (Lipinski definition) is 1. The molecule has 1 aromatic carbocycles. The van der Waals surface area contributed by atoms with Gasteiger partial charge in [-0.05, 0) is 72.7 Å². The van der Waals surface area contributed by atoms with E-state index in [0.29, 0.717) is 10.5 Å². The lowest BCUT2D eigenvalue weighted by Crippen LogP contribution is -2.49. The van der Waals surface area contributed by atoms with E-state index in [1.165, 1.54) is 19.3 Å². The van der Waals surface area contributed by atoms with E-state index in [2.05, 4.69) is 21.2 Å². The Labute approximate surface area is 121 Å². The summed E-state index contributed by atoms with van der Waals surface area (Å²) in [5.74, 6) is -0.203. The van der Waals surface area contributed by atoms with E-state index in [9.17, 15) is 4.39 Å². The summed E-state index contributed by atoms with van der Waals surface area (Å²) in [6, 6.07) is 3.85. The number of anilines is 1. The Morgan fingerprint density at radius 3 is 2.89 bits per heavy atom. The van der Waals surface area contributed by atoms with Crippen molar-refractivity contribution in [2.45, 2.75) is 50.7 Å². The molecule has 1 N–H and O–H groups in total. The Kier molecular flexibility index (Phi) is 3.56. The third kappa shape index (κ3) is 2.65. The zero-order valence-electron chi connectivity index (χ0n) is 11.1. The molecule has 1 aliphatic heterocycles. The molecule has 1 aliphatic carbocycles. The van der Waals surface area contributed by atoms with Crippen LogP contribution in [0.25, 0.3) is 0 Å². The normalized spacial score (nSPS) is 25.1. The largest absolute Gasteiger partial charge is 0.382 e. The molecule has 1 heterocycles. The van der Waals surface area contributed by atoms with Crippen molar-refractivity contribution in [2.24, 2.45) is 0 Å². The smallest absolute Gasteiger partial charge is 0.137 e. The molecule has 104 valence electrons. The van der Waals surface area contributed by atoms with Gasteiger partial charge in [-0.15, -0.1) is 0 Å². The van der Waals surface area contributed by atoms with Crippen molar-refractivity contribution in [2.75, 3.05) is 11.9 Å². The van der Waals surface area contributed by atoms with E-state index in [1.807, 2.05) is 13.0 Å². The van der Waals surface area contributed by atoms with Crippen LogP contribution in [0.4, 0.5) is 10.1 Å². The second-order valence-electron chi connectivity index (χ2n) is 5.80. The van der Waals surface area contributed by atoms with Crippen LogP contribution in [0, 0.1) is 12.7 Å². The van der Waals surface area contributed by atoms with Gasteiger partial charge in [0.1, 0.15) is 5.82 Å². The summed E-state index contributed by atoms with van der Waals surface area (Å²) in [6.07, 6.45) is 5.76. The standard InChI is InChI=1S/C15H19BrFNO/c1-10-7-13(17)12(16)8-14(10)18-11-3-6-19-15(9-11)4-2-5-15/h7-8,11,18H,2-6,9H2,1H3. The van der Waals surface area contributed by atoms with Gasteiger partial charge in [0.15, 0.2) is 0 Å². The van der Waals surface area contributed by atoms with Gasteiger partial charge in [0.05, 0.1) is 10.1 Å². The van der Waals surface area contributed by atoms with Gasteiger partial charge in [0.2, 0.25) is 0 Å². The molecule has 0 amide bonds. The van der Waals surface area contributed by atoms with E-state index >= 15 is 0 Å². The van der Waals surface area contributed by atoms with Crippen LogP contribution in [-0.4, -0.2) is 18.2 Å². The number of rotatable bonds is 2. The molecule has 1 aromatic rings. The molecular formula is C15H19BrFNO. The topological polar surface area (TPSA) is 21.3 Å². The summed E-state index contributed by atoms with van der Waals surface area (Å²) in [4.78, 5) is 0. The van der Waals surface area contributed by atoms with Crippen molar-refractivity contribution in [3.8, 4) is 0 Å². The fraction of sp³-hybridized carbons (Fsp3) is 0.600. The molecule has 4 heteroatoms. The molecule has 0 aromatic heterocycles. The summed E-state index contributed by atoms with van der Waals surface area (Å²) in [5.41, 5.74) is 2.12. The Bertz CT molecular complexity index is 487. The molecule has 0 radical (unpaired) electrons. The van der Waals surface area contributed by atoms with Crippen LogP contribution in [0.3, 0.4) is 0 Å². The molecule has 2 nitrogen and oxygen atoms in total. The lowest BCUT2D eigenvalue weighted by molar-refractivity contribution is -0.130. The van der Waals surface area contributed by atoms with Crippen LogP contribution in [0.2, 0.25) is 0 Å². The quantitative estimate of drug-likeness (QED) is 0.868. The summed E-state index contributed by atoms with van der Waals surface area (Å²) in [6.45, 7) is 2.77. The van der Waals surface area contributed by atoms with Crippen molar-refractivity contribution >= 4 is 21.6 Å². The maximum absolute atomic E-state index is 13.4. The van der Waals surface area contributed by atoms with E-state index in [4.69, 9.17) is 4.74 Å². The average molecular weight is 328 g/mol. The SMILES string of the molecule is Cc1cc(F)c(Br)cc1NC1CCOC2(CCC2)C1. The predicted molar refractivity (Wildman–Crippen MR) is 78.0 cm³/mol. The number of aryl methyl sites for hydroxylation is 1. The molecule has 1 atom stereocenters. The number of nitrogens with one attached hydrogen (secondary N) is 1. The zero-order chi connectivity index (χ0) is 13.5. The Balaban J connectivity index is 1.72. The molecule has 1 spiro atoms. The minimum Gasteiger partial charge on any atom is -0.382 e. The summed E-state index contributed by atoms with van der Waals surface area (Å²) in [7, 11) is 0. The highest BCUT2D eigenvalue weighted by Gasteiger charge is 2.42. The van der Waals surface area contributed by atoms with Crippen LogP contribution in [-0.2, 0) is 4.74 Å². The highest BCUT2D eigenvalue weighted by atomic mass is 79.9. The Hall–Kier alpha value is -0.610. The number of benzene rings is 1. The van der Waals surface area contributed by atoms with Crippen LogP contribution in [0.5, 0.6) is 0 Å². The summed E-state index contributed by atoms with van der Waals surface area (Å²) < 4.78 is 19.9. The second kappa shape index (κ2) is 5.06. The lowest BCUT2D eigenvalue weighted by atomic mass is 9.74. The van der Waals surface area contributed by atoms with Crippen molar-refractivity contribution in [3.05, 3.63) is 28.0 Å². The van der Waals surface area contributed by atoms with Crippen molar-refractivity contribution in [1.82, 2.24) is 0 Å². The third-order valence-electron chi connectivity index (χ3n) is 4.38. The number of hydrogen-bond acceptors (Lipinski definition) is 2. The first-order chi connectivity index (χ1) is 9.08. The minimum absolute atomic E-state index is 0.140. The number of ether oxygens (including phenoxy) is 1. The van der Waals surface area contributed by atoms with Gasteiger partial charge in [-0.3, -0.25) is 0 Å². The predicted octanol–water partition coefficient (Wildman–Crippen LogP) is 4.41. The van der Waals surface area contributed by atoms with E-state index < -0.39 is 0 Å². The average Bonchev–Trinajstić information content (AvgIpc) is 2.34. The van der Waals surface area contributed by atoms with Gasteiger partial charge >= 0.3 is 0 Å². The van der Waals surface area contributed by atoms with Gasteiger partial charge < -0.3 is 10.1 Å². The lowest BCUT2D eigenvalue weighted by Gasteiger charge is -2.47. The molecule has 3 rings (SSSR count). The maximum atomic E-state index is 13.4. The van der Waals surface area contributed by atoms with Crippen molar-refractivity contribution in [3.63, 3.8) is 0 Å². The van der Waals surface area contributed by atoms with Gasteiger partial charge in [-0.2, -0.15) is 0 Å². The summed E-state index contributed by atoms with van der Waals surface area (Å²) >= 11 is 3.25. The van der Waals surface area contributed by atoms with E-state index in [0.717, 1.165) is 30.7 Å². The first-order valence-corrected chi connectivity index (χ1v) is 7.73. The molecule has 1 unspecified atom stereocenters. The molecule has 2 aliphatic rings. The Morgan fingerprint density at radius 2 is 2.21 bits per heavy atom. The van der Waals surface area contributed by atoms with E-state index in [-0.39, 0.29) is 11.4 Å². The monoisotopic (exact) mass is 327 g/mol. The van der Waals surface area contributed by atoms with Crippen LogP contribution in [0.15, 0.2) is 16.6 Å². The van der Waals surface area contributed by atoms with Crippen molar-refractivity contribution < 1.29 is 9.13 Å². The van der Waals surface area contributed by atoms with Gasteiger partial charge in [0.25, 0.3) is 0 Å². The highest BCUT2D eigenvalue weighted by Crippen LogP contribution is 2.43. The van der Waals surface area contributed by atoms with Gasteiger partial charge in [-0.1, -0.05) is 0 Å². The molecule has 2 fully saturated rings. The third-order valence-corrected chi connectivity index (χ3v) is 4.99. The first kappa shape index (κ1) is 13.4. The van der Waals surface area contributed by atoms with Crippen molar-refractivity contribution in [1.29, 1.82) is 0 Å². The van der Waals surface area contributed by atoms with Crippen LogP contribution >= 0.6 is 15.9 Å². The minimum atomic E-state index is -0.203. The van der Waals surface area contributed by atoms with Gasteiger partial charge in [0, 0.05) is 18.3 Å². The Morgan fingerprint density at radius 1 is 1.42 bits per heavy atom. The van der Waals surface area contributed by atoms with Crippen LogP contribution in [0.1, 0.15) is 37.7 Å². The fourth-order valence-corrected chi connectivity index (χ4v) is 3.44. The summed E-state index contributed by atoms with van der Waals surface area (Å²) in [5, 5.41) is 3.56. The first-order valence-electron chi connectivity index (χ1n) is 6.94. The molecule has 0 bridgehead atoms. The molecule has 1 saturated heterocycles.